The zero-order valence-corrected chi connectivity index (χ0v) is 17.7. The summed E-state index contributed by atoms with van der Waals surface area (Å²) in [5.41, 5.74) is 3.02. The number of carbonyl (C=O) groups is 1. The highest BCUT2D eigenvalue weighted by Crippen LogP contribution is 2.28. The van der Waals surface area contributed by atoms with Gasteiger partial charge in [0.05, 0.1) is 12.9 Å². The third-order valence-corrected chi connectivity index (χ3v) is 5.29. The van der Waals surface area contributed by atoms with Crippen molar-refractivity contribution in [3.05, 3.63) is 59.4 Å². The number of nitrogens with one attached hydrogen (secondary N) is 1. The van der Waals surface area contributed by atoms with Gasteiger partial charge in [-0.25, -0.2) is 0 Å². The number of benzene rings is 2. The molecule has 0 aliphatic rings. The monoisotopic (exact) mass is 412 g/mol. The largest absolute Gasteiger partial charge is 0.493 e. The number of thioether (sulfide) groups is 1. The lowest BCUT2D eigenvalue weighted by Crippen LogP contribution is -2.14. The van der Waals surface area contributed by atoms with E-state index in [1.807, 2.05) is 67.9 Å². The molecule has 29 heavy (non-hydrogen) atoms. The van der Waals surface area contributed by atoms with Gasteiger partial charge in [-0.3, -0.25) is 4.79 Å². The van der Waals surface area contributed by atoms with E-state index in [4.69, 9.17) is 9.47 Å². The summed E-state index contributed by atoms with van der Waals surface area (Å²) in [7, 11) is 3.46. The molecule has 152 valence electrons. The van der Waals surface area contributed by atoms with Crippen molar-refractivity contribution >= 4 is 23.4 Å². The van der Waals surface area contributed by atoms with Crippen LogP contribution in [-0.2, 0) is 18.4 Å². The summed E-state index contributed by atoms with van der Waals surface area (Å²) < 4.78 is 13.0. The van der Waals surface area contributed by atoms with Gasteiger partial charge in [-0.15, -0.1) is 10.2 Å². The first-order valence-electron chi connectivity index (χ1n) is 9.11. The van der Waals surface area contributed by atoms with Crippen molar-refractivity contribution in [3.63, 3.8) is 0 Å². The van der Waals surface area contributed by atoms with Crippen LogP contribution in [0.2, 0.25) is 0 Å². The van der Waals surface area contributed by atoms with Gasteiger partial charge in [0.2, 0.25) is 5.91 Å². The average molecular weight is 413 g/mol. The molecule has 3 rings (SSSR count). The predicted molar refractivity (Wildman–Crippen MR) is 114 cm³/mol. The van der Waals surface area contributed by atoms with Crippen molar-refractivity contribution in [2.45, 2.75) is 25.6 Å². The van der Waals surface area contributed by atoms with Crippen molar-refractivity contribution in [3.8, 4) is 11.5 Å². The normalized spacial score (nSPS) is 10.6. The summed E-state index contributed by atoms with van der Waals surface area (Å²) in [5, 5.41) is 11.9. The van der Waals surface area contributed by atoms with Gasteiger partial charge >= 0.3 is 0 Å². The molecule has 0 fully saturated rings. The molecule has 3 aromatic rings. The zero-order valence-electron chi connectivity index (χ0n) is 16.9. The number of aryl methyl sites for hydroxylation is 2. The van der Waals surface area contributed by atoms with E-state index in [2.05, 4.69) is 15.5 Å². The second kappa shape index (κ2) is 9.47. The minimum absolute atomic E-state index is 0.0935. The van der Waals surface area contributed by atoms with Gasteiger partial charge in [0, 0.05) is 12.7 Å². The SMILES string of the molecule is COc1cc(C)ccc1OCc1nnc(SCC(=O)Nc2ccc(C)cc2)n1C. The molecule has 0 saturated carbocycles. The number of amides is 1. The first-order valence-corrected chi connectivity index (χ1v) is 10.1. The number of nitrogens with zero attached hydrogens (tertiary/aromatic N) is 3. The van der Waals surface area contributed by atoms with Crippen LogP contribution in [0.15, 0.2) is 47.6 Å². The number of rotatable bonds is 8. The molecule has 0 aliphatic heterocycles. The fraction of sp³-hybridized carbons (Fsp3) is 0.286. The number of hydrogen-bond acceptors (Lipinski definition) is 6. The fourth-order valence-corrected chi connectivity index (χ4v) is 3.33. The van der Waals surface area contributed by atoms with Gasteiger partial charge in [-0.05, 0) is 43.7 Å². The van der Waals surface area contributed by atoms with Gasteiger partial charge in [0.15, 0.2) is 22.5 Å². The van der Waals surface area contributed by atoms with E-state index in [1.54, 1.807) is 7.11 Å². The van der Waals surface area contributed by atoms with Crippen molar-refractivity contribution in [1.29, 1.82) is 0 Å². The second-order valence-corrected chi connectivity index (χ2v) is 7.55. The Labute approximate surface area is 174 Å². The molecular weight excluding hydrogens is 388 g/mol. The van der Waals surface area contributed by atoms with E-state index in [1.165, 1.54) is 11.8 Å². The van der Waals surface area contributed by atoms with Crippen LogP contribution in [0.1, 0.15) is 17.0 Å². The van der Waals surface area contributed by atoms with Crippen LogP contribution in [0.5, 0.6) is 11.5 Å². The molecule has 0 unspecified atom stereocenters. The lowest BCUT2D eigenvalue weighted by molar-refractivity contribution is -0.113. The molecule has 0 bridgehead atoms. The highest BCUT2D eigenvalue weighted by Gasteiger charge is 2.13. The minimum atomic E-state index is -0.0935. The maximum atomic E-state index is 12.2. The van der Waals surface area contributed by atoms with E-state index < -0.39 is 0 Å². The van der Waals surface area contributed by atoms with Gasteiger partial charge in [0.1, 0.15) is 6.61 Å². The quantitative estimate of drug-likeness (QED) is 0.568. The predicted octanol–water partition coefficient (Wildman–Crippen LogP) is 3.75. The molecule has 1 aromatic heterocycles. The summed E-state index contributed by atoms with van der Waals surface area (Å²) >= 11 is 1.33. The summed E-state index contributed by atoms with van der Waals surface area (Å²) in [6.07, 6.45) is 0. The Kier molecular flexibility index (Phi) is 6.77. The molecule has 0 radical (unpaired) electrons. The topological polar surface area (TPSA) is 78.3 Å². The molecule has 1 amide bonds. The van der Waals surface area contributed by atoms with E-state index in [0.717, 1.165) is 16.8 Å². The summed E-state index contributed by atoms with van der Waals surface area (Å²) in [4.78, 5) is 12.2. The maximum absolute atomic E-state index is 12.2. The van der Waals surface area contributed by atoms with Crippen LogP contribution in [0.25, 0.3) is 0 Å². The smallest absolute Gasteiger partial charge is 0.234 e. The molecular formula is C21H24N4O3S. The number of hydrogen-bond donors (Lipinski definition) is 1. The van der Waals surface area contributed by atoms with Crippen LogP contribution in [0, 0.1) is 13.8 Å². The number of aromatic nitrogens is 3. The van der Waals surface area contributed by atoms with E-state index in [-0.39, 0.29) is 18.3 Å². The molecule has 1 N–H and O–H groups in total. The van der Waals surface area contributed by atoms with Crippen molar-refractivity contribution < 1.29 is 14.3 Å². The van der Waals surface area contributed by atoms with E-state index in [9.17, 15) is 4.79 Å². The van der Waals surface area contributed by atoms with Crippen molar-refractivity contribution in [2.75, 3.05) is 18.2 Å². The Morgan fingerprint density at radius 3 is 2.52 bits per heavy atom. The van der Waals surface area contributed by atoms with Crippen molar-refractivity contribution in [2.24, 2.45) is 7.05 Å². The molecule has 0 aliphatic carbocycles. The Morgan fingerprint density at radius 1 is 1.07 bits per heavy atom. The average Bonchev–Trinajstić information content (AvgIpc) is 3.06. The molecule has 8 heteroatoms. The van der Waals surface area contributed by atoms with Gasteiger partial charge < -0.3 is 19.4 Å². The van der Waals surface area contributed by atoms with Crippen molar-refractivity contribution in [1.82, 2.24) is 14.8 Å². The van der Waals surface area contributed by atoms with E-state index in [0.29, 0.717) is 22.5 Å². The van der Waals surface area contributed by atoms with Gasteiger partial charge in [0.25, 0.3) is 0 Å². The Balaban J connectivity index is 1.55. The Bertz CT molecular complexity index is 986. The van der Waals surface area contributed by atoms with Crippen LogP contribution in [0.3, 0.4) is 0 Å². The first-order chi connectivity index (χ1) is 14.0. The molecule has 0 saturated heterocycles. The fourth-order valence-electron chi connectivity index (χ4n) is 2.60. The highest BCUT2D eigenvalue weighted by atomic mass is 32.2. The molecule has 2 aromatic carbocycles. The standard InChI is InChI=1S/C21H24N4O3S/c1-14-5-8-16(9-6-14)22-20(26)13-29-21-24-23-19(25(21)3)12-28-17-10-7-15(2)11-18(17)27-4/h5-11H,12-13H2,1-4H3,(H,22,26). The highest BCUT2D eigenvalue weighted by molar-refractivity contribution is 7.99. The third-order valence-electron chi connectivity index (χ3n) is 4.27. The van der Waals surface area contributed by atoms with Crippen LogP contribution < -0.4 is 14.8 Å². The number of ether oxygens (including phenoxy) is 2. The second-order valence-electron chi connectivity index (χ2n) is 6.60. The van der Waals surface area contributed by atoms with Crippen LogP contribution in [0.4, 0.5) is 5.69 Å². The molecule has 0 atom stereocenters. The van der Waals surface area contributed by atoms with E-state index >= 15 is 0 Å². The maximum Gasteiger partial charge on any atom is 0.234 e. The lowest BCUT2D eigenvalue weighted by Gasteiger charge is -2.11. The van der Waals surface area contributed by atoms with Crippen LogP contribution in [-0.4, -0.2) is 33.5 Å². The number of anilines is 1. The molecule has 1 heterocycles. The first kappa shape index (κ1) is 20.7. The summed E-state index contributed by atoms with van der Waals surface area (Å²) in [6.45, 7) is 4.25. The number of carbonyl (C=O) groups excluding carboxylic acids is 1. The molecule has 7 nitrogen and oxygen atoms in total. The Hall–Kier alpha value is -3.00. The van der Waals surface area contributed by atoms with Crippen LogP contribution >= 0.6 is 11.8 Å². The minimum Gasteiger partial charge on any atom is -0.493 e. The lowest BCUT2D eigenvalue weighted by atomic mass is 10.2. The number of methoxy groups -OCH3 is 1. The van der Waals surface area contributed by atoms with Gasteiger partial charge in [-0.1, -0.05) is 35.5 Å². The molecule has 0 spiro atoms. The third kappa shape index (κ3) is 5.51. The summed E-state index contributed by atoms with van der Waals surface area (Å²) in [6, 6.07) is 13.4. The zero-order chi connectivity index (χ0) is 20.8. The Morgan fingerprint density at radius 2 is 1.79 bits per heavy atom. The summed E-state index contributed by atoms with van der Waals surface area (Å²) in [5.74, 6) is 2.13. The van der Waals surface area contributed by atoms with Gasteiger partial charge in [-0.2, -0.15) is 0 Å².